The molecular formula is C18H23ClF2N2O3. The van der Waals surface area contributed by atoms with Gasteiger partial charge in [0.05, 0.1) is 6.54 Å². The first-order valence-corrected chi connectivity index (χ1v) is 9.21. The number of benzene rings is 1. The van der Waals surface area contributed by atoms with Gasteiger partial charge in [0.1, 0.15) is 5.75 Å². The standard InChI is InChI=1S/C18H23ClF2N2O3/c19-13-3-4-16(26-18(20)21)12(5-13)8-22-14-6-15(7-14)23(10-17(24)25)9-11-1-2-11/h3-5,11,14-15,18,22H,1-2,6-10H2,(H,24,25). The minimum Gasteiger partial charge on any atom is -0.480 e. The van der Waals surface area contributed by atoms with Gasteiger partial charge in [-0.3, -0.25) is 9.69 Å². The van der Waals surface area contributed by atoms with Crippen LogP contribution in [0.4, 0.5) is 8.78 Å². The van der Waals surface area contributed by atoms with E-state index in [1.165, 1.54) is 25.0 Å². The fourth-order valence-electron chi connectivity index (χ4n) is 3.35. The van der Waals surface area contributed by atoms with Gasteiger partial charge in [-0.05, 0) is 49.8 Å². The second-order valence-electron chi connectivity index (χ2n) is 7.10. The van der Waals surface area contributed by atoms with Crippen LogP contribution in [0.2, 0.25) is 5.02 Å². The predicted molar refractivity (Wildman–Crippen MR) is 93.7 cm³/mol. The van der Waals surface area contributed by atoms with Gasteiger partial charge in [-0.2, -0.15) is 8.78 Å². The van der Waals surface area contributed by atoms with E-state index in [9.17, 15) is 13.6 Å². The Morgan fingerprint density at radius 2 is 2.12 bits per heavy atom. The van der Waals surface area contributed by atoms with Gasteiger partial charge in [-0.15, -0.1) is 0 Å². The summed E-state index contributed by atoms with van der Waals surface area (Å²) < 4.78 is 29.5. The Hall–Kier alpha value is -1.44. The normalized spacial score (nSPS) is 22.5. The highest BCUT2D eigenvalue weighted by Gasteiger charge is 2.36. The summed E-state index contributed by atoms with van der Waals surface area (Å²) >= 11 is 5.95. The zero-order valence-corrected chi connectivity index (χ0v) is 15.1. The average Bonchev–Trinajstić information content (AvgIpc) is 3.31. The van der Waals surface area contributed by atoms with Gasteiger partial charge in [0.25, 0.3) is 0 Å². The number of halogens is 3. The lowest BCUT2D eigenvalue weighted by Crippen LogP contribution is -2.54. The van der Waals surface area contributed by atoms with Gasteiger partial charge < -0.3 is 15.2 Å². The Labute approximate surface area is 156 Å². The summed E-state index contributed by atoms with van der Waals surface area (Å²) in [4.78, 5) is 13.1. The van der Waals surface area contributed by atoms with Crippen molar-refractivity contribution >= 4 is 17.6 Å². The third-order valence-electron chi connectivity index (χ3n) is 4.98. The summed E-state index contributed by atoms with van der Waals surface area (Å²) in [7, 11) is 0. The van der Waals surface area contributed by atoms with E-state index in [0.717, 1.165) is 19.4 Å². The van der Waals surface area contributed by atoms with Crippen LogP contribution < -0.4 is 10.1 Å². The Bertz CT molecular complexity index is 637. The number of hydrogen-bond acceptors (Lipinski definition) is 4. The van der Waals surface area contributed by atoms with Crippen LogP contribution in [0.3, 0.4) is 0 Å². The molecule has 2 aliphatic rings. The van der Waals surface area contributed by atoms with Gasteiger partial charge in [0.15, 0.2) is 0 Å². The van der Waals surface area contributed by atoms with E-state index < -0.39 is 12.6 Å². The highest BCUT2D eigenvalue weighted by molar-refractivity contribution is 6.30. The summed E-state index contributed by atoms with van der Waals surface area (Å²) in [5, 5.41) is 12.9. The van der Waals surface area contributed by atoms with Crippen LogP contribution >= 0.6 is 11.6 Å². The number of nitrogens with one attached hydrogen (secondary N) is 1. The van der Waals surface area contributed by atoms with Crippen LogP contribution in [-0.2, 0) is 11.3 Å². The maximum Gasteiger partial charge on any atom is 0.387 e. The molecule has 0 amide bonds. The molecule has 0 atom stereocenters. The van der Waals surface area contributed by atoms with Crippen LogP contribution in [0.1, 0.15) is 31.2 Å². The van der Waals surface area contributed by atoms with E-state index in [1.807, 2.05) is 0 Å². The lowest BCUT2D eigenvalue weighted by Gasteiger charge is -2.43. The zero-order valence-electron chi connectivity index (χ0n) is 14.3. The minimum absolute atomic E-state index is 0.0779. The van der Waals surface area contributed by atoms with Crippen molar-refractivity contribution in [2.45, 2.75) is 50.9 Å². The molecule has 144 valence electrons. The zero-order chi connectivity index (χ0) is 18.7. The molecule has 0 aromatic heterocycles. The lowest BCUT2D eigenvalue weighted by molar-refractivity contribution is -0.139. The quantitative estimate of drug-likeness (QED) is 0.643. The highest BCUT2D eigenvalue weighted by atomic mass is 35.5. The van der Waals surface area contributed by atoms with Crippen molar-refractivity contribution < 1.29 is 23.4 Å². The maximum atomic E-state index is 12.5. The van der Waals surface area contributed by atoms with Crippen molar-refractivity contribution in [2.24, 2.45) is 5.92 Å². The largest absolute Gasteiger partial charge is 0.480 e. The van der Waals surface area contributed by atoms with Crippen LogP contribution in [0.25, 0.3) is 0 Å². The van der Waals surface area contributed by atoms with Gasteiger partial charge in [-0.25, -0.2) is 0 Å². The molecule has 3 rings (SSSR count). The van der Waals surface area contributed by atoms with Crippen LogP contribution in [0.15, 0.2) is 18.2 Å². The monoisotopic (exact) mass is 388 g/mol. The Morgan fingerprint density at radius 3 is 2.73 bits per heavy atom. The van der Waals surface area contributed by atoms with E-state index >= 15 is 0 Å². The van der Waals surface area contributed by atoms with E-state index in [0.29, 0.717) is 23.0 Å². The summed E-state index contributed by atoms with van der Waals surface area (Å²) in [6.45, 7) is -1.57. The topological polar surface area (TPSA) is 61.8 Å². The molecule has 2 fully saturated rings. The Morgan fingerprint density at radius 1 is 1.38 bits per heavy atom. The fraction of sp³-hybridized carbons (Fsp3) is 0.611. The molecule has 0 aliphatic heterocycles. The molecule has 0 heterocycles. The van der Waals surface area contributed by atoms with Gasteiger partial charge in [-0.1, -0.05) is 11.6 Å². The third kappa shape index (κ3) is 5.53. The number of nitrogens with zero attached hydrogens (tertiary/aromatic N) is 1. The first kappa shape index (κ1) is 19.3. The molecule has 2 saturated carbocycles. The fourth-order valence-corrected chi connectivity index (χ4v) is 3.55. The first-order valence-electron chi connectivity index (χ1n) is 8.83. The van der Waals surface area contributed by atoms with E-state index in [1.54, 1.807) is 6.07 Å². The second-order valence-corrected chi connectivity index (χ2v) is 7.54. The molecule has 26 heavy (non-hydrogen) atoms. The molecule has 1 aromatic rings. The molecule has 0 bridgehead atoms. The number of ether oxygens (including phenoxy) is 1. The molecular weight excluding hydrogens is 366 g/mol. The third-order valence-corrected chi connectivity index (χ3v) is 5.21. The van der Waals surface area contributed by atoms with E-state index in [-0.39, 0.29) is 24.4 Å². The number of hydrogen-bond donors (Lipinski definition) is 2. The van der Waals surface area contributed by atoms with Crippen LogP contribution in [0, 0.1) is 5.92 Å². The smallest absolute Gasteiger partial charge is 0.387 e. The number of carboxylic acids is 1. The molecule has 0 unspecified atom stereocenters. The SMILES string of the molecule is O=C(O)CN(CC1CC1)C1CC(NCc2cc(Cl)ccc2OC(F)F)C1. The summed E-state index contributed by atoms with van der Waals surface area (Å²) in [5.74, 6) is -0.0364. The number of carbonyl (C=O) groups is 1. The first-order chi connectivity index (χ1) is 12.4. The van der Waals surface area contributed by atoms with E-state index in [2.05, 4.69) is 15.0 Å². The molecule has 5 nitrogen and oxygen atoms in total. The lowest BCUT2D eigenvalue weighted by atomic mass is 9.85. The number of alkyl halides is 2. The number of rotatable bonds is 10. The predicted octanol–water partition coefficient (Wildman–Crippen LogP) is 3.36. The second kappa shape index (κ2) is 8.50. The molecule has 2 N–H and O–H groups in total. The summed E-state index contributed by atoms with van der Waals surface area (Å²) in [6.07, 6.45) is 4.08. The van der Waals surface area contributed by atoms with Crippen LogP contribution in [0.5, 0.6) is 5.75 Å². The Kier molecular flexibility index (Phi) is 6.32. The van der Waals surface area contributed by atoms with Crippen molar-refractivity contribution in [1.82, 2.24) is 10.2 Å². The maximum absolute atomic E-state index is 12.5. The van der Waals surface area contributed by atoms with Crippen molar-refractivity contribution in [2.75, 3.05) is 13.1 Å². The molecule has 1 aromatic carbocycles. The highest BCUT2D eigenvalue weighted by Crippen LogP contribution is 2.34. The number of carboxylic acid groups (broad SMARTS) is 1. The molecule has 0 radical (unpaired) electrons. The molecule has 2 aliphatic carbocycles. The summed E-state index contributed by atoms with van der Waals surface area (Å²) in [5.41, 5.74) is 0.585. The molecule has 8 heteroatoms. The van der Waals surface area contributed by atoms with E-state index in [4.69, 9.17) is 16.7 Å². The van der Waals surface area contributed by atoms with Crippen molar-refractivity contribution in [3.8, 4) is 5.75 Å². The van der Waals surface area contributed by atoms with Gasteiger partial charge in [0.2, 0.25) is 0 Å². The van der Waals surface area contributed by atoms with Gasteiger partial charge >= 0.3 is 12.6 Å². The van der Waals surface area contributed by atoms with Crippen LogP contribution in [-0.4, -0.2) is 47.8 Å². The average molecular weight is 389 g/mol. The summed E-state index contributed by atoms with van der Waals surface area (Å²) in [6, 6.07) is 5.07. The van der Waals surface area contributed by atoms with Crippen molar-refractivity contribution in [1.29, 1.82) is 0 Å². The van der Waals surface area contributed by atoms with Gasteiger partial charge in [0, 0.05) is 35.8 Å². The van der Waals surface area contributed by atoms with Crippen molar-refractivity contribution in [3.05, 3.63) is 28.8 Å². The van der Waals surface area contributed by atoms with Crippen molar-refractivity contribution in [3.63, 3.8) is 0 Å². The Balaban J connectivity index is 1.49. The number of aliphatic carboxylic acids is 1. The molecule has 0 spiro atoms. The molecule has 0 saturated heterocycles. The minimum atomic E-state index is -2.88.